The average molecular weight is 580 g/mol. The third-order valence-corrected chi connectivity index (χ3v) is 6.82. The summed E-state index contributed by atoms with van der Waals surface area (Å²) in [5, 5.41) is 11.7. The molecule has 0 bridgehead atoms. The number of rotatable bonds is 8. The molecule has 3 N–H and O–H groups in total. The summed E-state index contributed by atoms with van der Waals surface area (Å²) in [5.74, 6) is 0.134. The van der Waals surface area contributed by atoms with Crippen LogP contribution in [0.15, 0.2) is 53.2 Å². The van der Waals surface area contributed by atoms with Crippen LogP contribution in [0.25, 0.3) is 0 Å². The van der Waals surface area contributed by atoms with Crippen LogP contribution in [0, 0.1) is 5.92 Å². The Labute approximate surface area is 234 Å². The van der Waals surface area contributed by atoms with Crippen molar-refractivity contribution >= 4 is 40.8 Å². The number of amides is 3. The lowest BCUT2D eigenvalue weighted by Gasteiger charge is -2.26. The van der Waals surface area contributed by atoms with E-state index in [0.29, 0.717) is 16.5 Å². The smallest absolute Gasteiger partial charge is 0.326 e. The number of carbonyl (C=O) groups excluding carboxylic acids is 2. The van der Waals surface area contributed by atoms with Gasteiger partial charge in [-0.3, -0.25) is 14.6 Å². The van der Waals surface area contributed by atoms with E-state index in [1.54, 1.807) is 35.1 Å². The standard InChI is InChI=1S/C27H30ClF3N6O3/c1-36(2)15-17-6-8-23(9-7-17)37-16-25(40-35-37)34-26(39)33-22-13-19(27(29,30)31)12-21(14-22)32-24(38)11-18-4-3-5-20(28)10-18/h3-5,10,12-14,16-17,23H,6-9,11,15H2,1-2H3,(H2-,32,33,34,35,38,39)/p+1. The van der Waals surface area contributed by atoms with Crippen molar-refractivity contribution in [2.75, 3.05) is 36.6 Å². The fourth-order valence-electron chi connectivity index (χ4n) is 4.84. The fourth-order valence-corrected chi connectivity index (χ4v) is 5.05. The van der Waals surface area contributed by atoms with Crippen molar-refractivity contribution in [2.24, 2.45) is 5.92 Å². The van der Waals surface area contributed by atoms with E-state index in [9.17, 15) is 22.8 Å². The van der Waals surface area contributed by atoms with Crippen LogP contribution >= 0.6 is 11.6 Å². The highest BCUT2D eigenvalue weighted by Gasteiger charge is 2.32. The number of carbonyl (C=O) groups is 2. The summed E-state index contributed by atoms with van der Waals surface area (Å²) in [7, 11) is 4.11. The third kappa shape index (κ3) is 8.43. The molecule has 1 saturated carbocycles. The Balaban J connectivity index is 1.38. The van der Waals surface area contributed by atoms with E-state index in [-0.39, 0.29) is 29.7 Å². The van der Waals surface area contributed by atoms with Crippen molar-refractivity contribution in [3.8, 4) is 0 Å². The van der Waals surface area contributed by atoms with Gasteiger partial charge in [-0.1, -0.05) is 23.7 Å². The van der Waals surface area contributed by atoms with Crippen LogP contribution in [0.3, 0.4) is 0 Å². The first-order valence-electron chi connectivity index (χ1n) is 12.8. The van der Waals surface area contributed by atoms with E-state index in [2.05, 4.69) is 40.2 Å². The van der Waals surface area contributed by atoms with Crippen molar-refractivity contribution in [1.29, 1.82) is 0 Å². The zero-order valence-corrected chi connectivity index (χ0v) is 22.9. The number of benzene rings is 2. The van der Waals surface area contributed by atoms with Gasteiger partial charge in [-0.25, -0.2) is 4.79 Å². The van der Waals surface area contributed by atoms with Gasteiger partial charge < -0.3 is 15.5 Å². The van der Waals surface area contributed by atoms with E-state index in [1.807, 2.05) is 0 Å². The summed E-state index contributed by atoms with van der Waals surface area (Å²) in [4.78, 5) is 27.2. The summed E-state index contributed by atoms with van der Waals surface area (Å²) in [6.07, 6.45) is 0.726. The average Bonchev–Trinajstić information content (AvgIpc) is 3.31. The topological polar surface area (TPSA) is 103 Å². The molecule has 1 aromatic heterocycles. The molecule has 214 valence electrons. The molecule has 0 spiro atoms. The molecule has 40 heavy (non-hydrogen) atoms. The maximum atomic E-state index is 13.5. The molecule has 3 aromatic rings. The van der Waals surface area contributed by atoms with Gasteiger partial charge in [0.1, 0.15) is 0 Å². The number of alkyl halides is 3. The second kappa shape index (κ2) is 12.7. The second-order valence-corrected chi connectivity index (χ2v) is 10.7. The van der Waals surface area contributed by atoms with Crippen LogP contribution in [0.2, 0.25) is 5.02 Å². The highest BCUT2D eigenvalue weighted by atomic mass is 35.5. The zero-order chi connectivity index (χ0) is 28.9. The van der Waals surface area contributed by atoms with Gasteiger partial charge in [0.25, 0.3) is 6.20 Å². The molecule has 13 heteroatoms. The maximum absolute atomic E-state index is 13.5. The van der Waals surface area contributed by atoms with Crippen LogP contribution in [0.5, 0.6) is 0 Å². The van der Waals surface area contributed by atoms with Gasteiger partial charge in [-0.2, -0.15) is 13.2 Å². The number of nitrogens with one attached hydrogen (secondary N) is 3. The minimum absolute atomic E-state index is 0.0509. The first-order valence-corrected chi connectivity index (χ1v) is 13.2. The Bertz CT molecular complexity index is 1340. The lowest BCUT2D eigenvalue weighted by atomic mass is 9.86. The first kappa shape index (κ1) is 29.3. The second-order valence-electron chi connectivity index (χ2n) is 10.2. The van der Waals surface area contributed by atoms with Crippen LogP contribution < -0.4 is 20.6 Å². The van der Waals surface area contributed by atoms with E-state index < -0.39 is 23.7 Å². The van der Waals surface area contributed by atoms with Gasteiger partial charge in [0.15, 0.2) is 6.04 Å². The molecule has 0 unspecified atom stereocenters. The number of nitrogens with zero attached hydrogens (tertiary/aromatic N) is 3. The summed E-state index contributed by atoms with van der Waals surface area (Å²) < 4.78 is 47.5. The van der Waals surface area contributed by atoms with Crippen molar-refractivity contribution in [3.05, 3.63) is 64.8 Å². The third-order valence-electron chi connectivity index (χ3n) is 6.59. The summed E-state index contributed by atoms with van der Waals surface area (Å²) in [6.45, 7) is 1.03. The van der Waals surface area contributed by atoms with Crippen LogP contribution in [0.4, 0.5) is 35.2 Å². The fraction of sp³-hybridized carbons (Fsp3) is 0.407. The van der Waals surface area contributed by atoms with E-state index >= 15 is 0 Å². The molecule has 1 heterocycles. The molecule has 0 aliphatic heterocycles. The van der Waals surface area contributed by atoms with E-state index in [0.717, 1.165) is 44.4 Å². The van der Waals surface area contributed by atoms with Crippen LogP contribution in [-0.4, -0.2) is 42.7 Å². The molecule has 9 nitrogen and oxygen atoms in total. The minimum atomic E-state index is -4.71. The number of urea groups is 1. The molecule has 1 aliphatic carbocycles. The molecule has 0 radical (unpaired) electrons. The molecule has 1 aliphatic rings. The first-order chi connectivity index (χ1) is 18.9. The lowest BCUT2D eigenvalue weighted by molar-refractivity contribution is -0.787. The molecular formula is C27H31ClF3N6O3+. The number of aromatic nitrogens is 2. The normalized spacial score (nSPS) is 17.5. The van der Waals surface area contributed by atoms with Gasteiger partial charge in [-0.05, 0) is 73.4 Å². The Morgan fingerprint density at radius 1 is 1.05 bits per heavy atom. The number of hydrogen-bond acceptors (Lipinski definition) is 5. The molecule has 0 saturated heterocycles. The summed E-state index contributed by atoms with van der Waals surface area (Å²) in [5.41, 5.74) is -0.733. The molecule has 3 amide bonds. The predicted molar refractivity (Wildman–Crippen MR) is 144 cm³/mol. The molecular weight excluding hydrogens is 549 g/mol. The maximum Gasteiger partial charge on any atom is 0.416 e. The van der Waals surface area contributed by atoms with Crippen molar-refractivity contribution in [1.82, 2.24) is 10.2 Å². The number of anilines is 3. The Hall–Kier alpha value is -3.64. The van der Waals surface area contributed by atoms with Gasteiger partial charge in [0, 0.05) is 35.8 Å². The highest BCUT2D eigenvalue weighted by Crippen LogP contribution is 2.34. The van der Waals surface area contributed by atoms with Crippen LogP contribution in [-0.2, 0) is 17.4 Å². The minimum Gasteiger partial charge on any atom is -0.326 e. The monoisotopic (exact) mass is 579 g/mol. The molecule has 0 atom stereocenters. The zero-order valence-electron chi connectivity index (χ0n) is 22.1. The molecule has 2 aromatic carbocycles. The Kier molecular flexibility index (Phi) is 9.31. The quantitative estimate of drug-likeness (QED) is 0.295. The summed E-state index contributed by atoms with van der Waals surface area (Å²) >= 11 is 5.93. The number of halogens is 4. The van der Waals surface area contributed by atoms with Gasteiger partial charge >= 0.3 is 18.1 Å². The SMILES string of the molecule is CN(C)CC1CCC([n+]2cc(NC(=O)Nc3cc(NC(=O)Cc4cccc(Cl)c4)cc(C(F)(F)F)c3)on2)CC1. The predicted octanol–water partition coefficient (Wildman–Crippen LogP) is 5.75. The molecule has 1 fully saturated rings. The van der Waals surface area contributed by atoms with E-state index in [1.165, 1.54) is 6.07 Å². The highest BCUT2D eigenvalue weighted by molar-refractivity contribution is 6.30. The van der Waals surface area contributed by atoms with Crippen molar-refractivity contribution < 1.29 is 32.0 Å². The molecule has 4 rings (SSSR count). The largest absolute Gasteiger partial charge is 0.416 e. The van der Waals surface area contributed by atoms with Crippen molar-refractivity contribution in [3.63, 3.8) is 0 Å². The van der Waals surface area contributed by atoms with Crippen molar-refractivity contribution in [2.45, 2.75) is 44.3 Å². The van der Waals surface area contributed by atoms with Crippen LogP contribution in [0.1, 0.15) is 42.9 Å². The van der Waals surface area contributed by atoms with Gasteiger partial charge in [-0.15, -0.1) is 0 Å². The van der Waals surface area contributed by atoms with Gasteiger partial charge in [0.2, 0.25) is 11.2 Å². The Morgan fingerprint density at radius 2 is 1.75 bits per heavy atom. The van der Waals surface area contributed by atoms with Gasteiger partial charge in [0.05, 0.1) is 12.0 Å². The Morgan fingerprint density at radius 3 is 2.40 bits per heavy atom. The summed E-state index contributed by atoms with van der Waals surface area (Å²) in [6, 6.07) is 8.71. The lowest BCUT2D eigenvalue weighted by Crippen LogP contribution is -2.43. The van der Waals surface area contributed by atoms with E-state index in [4.69, 9.17) is 16.1 Å². The number of hydrogen-bond donors (Lipinski definition) is 3.